The van der Waals surface area contributed by atoms with Gasteiger partial charge in [0.05, 0.1) is 0 Å². The number of hydrogen-bond donors (Lipinski definition) is 0. The molecule has 0 heterocycles. The van der Waals surface area contributed by atoms with Gasteiger partial charge in [-0.1, -0.05) is 13.0 Å². The first-order valence-corrected chi connectivity index (χ1v) is 4.57. The molecule has 2 heteroatoms. The molecule has 0 N–H and O–H groups in total. The van der Waals surface area contributed by atoms with Crippen molar-refractivity contribution in [1.82, 2.24) is 4.90 Å². The van der Waals surface area contributed by atoms with Gasteiger partial charge in [0.2, 0.25) is 0 Å². The van der Waals surface area contributed by atoms with E-state index in [9.17, 15) is 4.39 Å². The van der Waals surface area contributed by atoms with Crippen molar-refractivity contribution in [3.05, 3.63) is 35.1 Å². The highest BCUT2D eigenvalue weighted by molar-refractivity contribution is 5.26. The normalized spacial score (nSPS) is 10.8. The SMILES string of the molecule is CCN(C)Cc1ccc(F)cc1C. The van der Waals surface area contributed by atoms with Gasteiger partial charge in [0.15, 0.2) is 0 Å². The minimum absolute atomic E-state index is 0.152. The summed E-state index contributed by atoms with van der Waals surface area (Å²) in [5, 5.41) is 0. The van der Waals surface area contributed by atoms with Crippen LogP contribution in [0.25, 0.3) is 0 Å². The second-order valence-electron chi connectivity index (χ2n) is 3.40. The number of nitrogens with zero attached hydrogens (tertiary/aromatic N) is 1. The Labute approximate surface area is 79.2 Å². The van der Waals surface area contributed by atoms with E-state index in [1.165, 1.54) is 11.6 Å². The lowest BCUT2D eigenvalue weighted by Gasteiger charge is -2.15. The van der Waals surface area contributed by atoms with Gasteiger partial charge in [0.1, 0.15) is 5.82 Å². The number of halogens is 1. The maximum Gasteiger partial charge on any atom is 0.123 e. The molecule has 0 bridgehead atoms. The molecule has 0 aliphatic carbocycles. The molecule has 1 aromatic rings. The smallest absolute Gasteiger partial charge is 0.123 e. The molecule has 0 fully saturated rings. The van der Waals surface area contributed by atoms with Gasteiger partial charge in [0.25, 0.3) is 0 Å². The Morgan fingerprint density at radius 3 is 2.62 bits per heavy atom. The summed E-state index contributed by atoms with van der Waals surface area (Å²) in [5.41, 5.74) is 2.23. The van der Waals surface area contributed by atoms with E-state index in [2.05, 4.69) is 18.9 Å². The maximum absolute atomic E-state index is 12.8. The highest BCUT2D eigenvalue weighted by atomic mass is 19.1. The van der Waals surface area contributed by atoms with Crippen LogP contribution >= 0.6 is 0 Å². The van der Waals surface area contributed by atoms with E-state index in [1.807, 2.05) is 13.0 Å². The molecule has 1 nitrogen and oxygen atoms in total. The van der Waals surface area contributed by atoms with Crippen molar-refractivity contribution in [3.63, 3.8) is 0 Å². The standard InChI is InChI=1S/C11H16FN/c1-4-13(3)8-10-5-6-11(12)7-9(10)2/h5-7H,4,8H2,1-3H3. The van der Waals surface area contributed by atoms with Crippen LogP contribution in [0.15, 0.2) is 18.2 Å². The molecular formula is C11H16FN. The Morgan fingerprint density at radius 1 is 1.38 bits per heavy atom. The van der Waals surface area contributed by atoms with E-state index in [-0.39, 0.29) is 5.82 Å². The molecule has 0 saturated carbocycles. The summed E-state index contributed by atoms with van der Waals surface area (Å²) in [4.78, 5) is 2.19. The van der Waals surface area contributed by atoms with Crippen molar-refractivity contribution < 1.29 is 4.39 Å². The molecule has 0 aliphatic rings. The monoisotopic (exact) mass is 181 g/mol. The molecule has 0 spiro atoms. The fourth-order valence-corrected chi connectivity index (χ4v) is 1.24. The van der Waals surface area contributed by atoms with E-state index in [0.29, 0.717) is 0 Å². The largest absolute Gasteiger partial charge is 0.302 e. The van der Waals surface area contributed by atoms with Crippen LogP contribution in [0.5, 0.6) is 0 Å². The average Bonchev–Trinajstić information content (AvgIpc) is 2.09. The van der Waals surface area contributed by atoms with Crippen molar-refractivity contribution in [2.75, 3.05) is 13.6 Å². The van der Waals surface area contributed by atoms with Crippen LogP contribution in [0.1, 0.15) is 18.1 Å². The predicted octanol–water partition coefficient (Wildman–Crippen LogP) is 2.59. The topological polar surface area (TPSA) is 3.24 Å². The Balaban J connectivity index is 2.77. The number of rotatable bonds is 3. The van der Waals surface area contributed by atoms with E-state index >= 15 is 0 Å². The average molecular weight is 181 g/mol. The highest BCUT2D eigenvalue weighted by Gasteiger charge is 2.01. The fourth-order valence-electron chi connectivity index (χ4n) is 1.24. The molecule has 0 aromatic heterocycles. The lowest BCUT2D eigenvalue weighted by Crippen LogP contribution is -2.17. The lowest BCUT2D eigenvalue weighted by atomic mass is 10.1. The summed E-state index contributed by atoms with van der Waals surface area (Å²) in [6, 6.07) is 4.96. The van der Waals surface area contributed by atoms with Crippen LogP contribution < -0.4 is 0 Å². The zero-order valence-electron chi connectivity index (χ0n) is 8.47. The van der Waals surface area contributed by atoms with Crippen LogP contribution in [0.2, 0.25) is 0 Å². The number of benzene rings is 1. The van der Waals surface area contributed by atoms with E-state index < -0.39 is 0 Å². The Bertz CT molecular complexity index is 283. The lowest BCUT2D eigenvalue weighted by molar-refractivity contribution is 0.345. The first-order chi connectivity index (χ1) is 6.13. The van der Waals surface area contributed by atoms with E-state index in [4.69, 9.17) is 0 Å². The van der Waals surface area contributed by atoms with Crippen LogP contribution in [0, 0.1) is 12.7 Å². The van der Waals surface area contributed by atoms with E-state index in [1.54, 1.807) is 6.07 Å². The molecule has 0 amide bonds. The fraction of sp³-hybridized carbons (Fsp3) is 0.455. The minimum atomic E-state index is -0.152. The molecule has 0 saturated heterocycles. The summed E-state index contributed by atoms with van der Waals surface area (Å²) < 4.78 is 12.8. The predicted molar refractivity (Wildman–Crippen MR) is 53.1 cm³/mol. The van der Waals surface area contributed by atoms with Crippen molar-refractivity contribution in [3.8, 4) is 0 Å². The zero-order valence-corrected chi connectivity index (χ0v) is 8.47. The highest BCUT2D eigenvalue weighted by Crippen LogP contribution is 2.11. The first kappa shape index (κ1) is 10.2. The summed E-state index contributed by atoms with van der Waals surface area (Å²) in [6.07, 6.45) is 0. The van der Waals surface area contributed by atoms with Crippen LogP contribution in [-0.2, 0) is 6.54 Å². The summed E-state index contributed by atoms with van der Waals surface area (Å²) >= 11 is 0. The quantitative estimate of drug-likeness (QED) is 0.692. The Hall–Kier alpha value is -0.890. The van der Waals surface area contributed by atoms with Crippen LogP contribution in [0.4, 0.5) is 4.39 Å². The molecule has 0 radical (unpaired) electrons. The number of hydrogen-bond acceptors (Lipinski definition) is 1. The van der Waals surface area contributed by atoms with Gasteiger partial charge >= 0.3 is 0 Å². The van der Waals surface area contributed by atoms with Gasteiger partial charge in [0, 0.05) is 6.54 Å². The second-order valence-corrected chi connectivity index (χ2v) is 3.40. The third-order valence-corrected chi connectivity index (χ3v) is 2.28. The van der Waals surface area contributed by atoms with Crippen LogP contribution in [0.3, 0.4) is 0 Å². The molecule has 0 atom stereocenters. The first-order valence-electron chi connectivity index (χ1n) is 4.57. The van der Waals surface area contributed by atoms with Crippen molar-refractivity contribution in [1.29, 1.82) is 0 Å². The van der Waals surface area contributed by atoms with Gasteiger partial charge in [-0.25, -0.2) is 4.39 Å². The molecule has 0 aliphatic heterocycles. The van der Waals surface area contributed by atoms with Gasteiger partial charge in [-0.15, -0.1) is 0 Å². The zero-order chi connectivity index (χ0) is 9.84. The van der Waals surface area contributed by atoms with Gasteiger partial charge < -0.3 is 4.90 Å². The summed E-state index contributed by atoms with van der Waals surface area (Å²) in [6.45, 7) is 5.96. The minimum Gasteiger partial charge on any atom is -0.302 e. The van der Waals surface area contributed by atoms with Gasteiger partial charge in [-0.3, -0.25) is 0 Å². The van der Waals surface area contributed by atoms with Gasteiger partial charge in [-0.05, 0) is 43.8 Å². The third-order valence-electron chi connectivity index (χ3n) is 2.28. The summed E-state index contributed by atoms with van der Waals surface area (Å²) in [7, 11) is 2.06. The van der Waals surface area contributed by atoms with Gasteiger partial charge in [-0.2, -0.15) is 0 Å². The second kappa shape index (κ2) is 4.38. The van der Waals surface area contributed by atoms with Crippen molar-refractivity contribution in [2.45, 2.75) is 20.4 Å². The van der Waals surface area contributed by atoms with E-state index in [0.717, 1.165) is 18.7 Å². The number of aryl methyl sites for hydroxylation is 1. The molecule has 0 unspecified atom stereocenters. The third kappa shape index (κ3) is 2.81. The van der Waals surface area contributed by atoms with Crippen molar-refractivity contribution in [2.24, 2.45) is 0 Å². The molecule has 1 aromatic carbocycles. The summed E-state index contributed by atoms with van der Waals surface area (Å²) in [5.74, 6) is -0.152. The Kier molecular flexibility index (Phi) is 3.43. The Morgan fingerprint density at radius 2 is 2.08 bits per heavy atom. The molecular weight excluding hydrogens is 165 g/mol. The molecule has 72 valence electrons. The molecule has 1 rings (SSSR count). The molecule has 13 heavy (non-hydrogen) atoms. The van der Waals surface area contributed by atoms with Crippen molar-refractivity contribution >= 4 is 0 Å². The maximum atomic E-state index is 12.8. The van der Waals surface area contributed by atoms with Crippen LogP contribution in [-0.4, -0.2) is 18.5 Å².